The van der Waals surface area contributed by atoms with Gasteiger partial charge in [0.2, 0.25) is 5.91 Å². The lowest BCUT2D eigenvalue weighted by atomic mass is 10.1. The van der Waals surface area contributed by atoms with E-state index in [0.717, 1.165) is 19.3 Å². The summed E-state index contributed by atoms with van der Waals surface area (Å²) < 4.78 is 0. The number of anilines is 1. The molecule has 0 radical (unpaired) electrons. The van der Waals surface area contributed by atoms with Crippen LogP contribution in [-0.2, 0) is 4.79 Å². The molecule has 0 heterocycles. The van der Waals surface area contributed by atoms with Gasteiger partial charge in [-0.3, -0.25) is 4.79 Å². The van der Waals surface area contributed by atoms with E-state index in [-0.39, 0.29) is 11.5 Å². The van der Waals surface area contributed by atoms with Crippen LogP contribution < -0.4 is 11.1 Å². The molecule has 1 rings (SSSR count). The van der Waals surface area contributed by atoms with Crippen molar-refractivity contribution < 1.29 is 14.7 Å². The summed E-state index contributed by atoms with van der Waals surface area (Å²) in [5, 5.41) is 11.6. The maximum atomic E-state index is 11.6. The quantitative estimate of drug-likeness (QED) is 0.644. The SMILES string of the molecule is NCCCCCC(=O)Nc1ccccc1C(=O)O. The van der Waals surface area contributed by atoms with Gasteiger partial charge < -0.3 is 16.2 Å². The third-order valence-corrected chi connectivity index (χ3v) is 2.54. The van der Waals surface area contributed by atoms with E-state index in [1.807, 2.05) is 0 Å². The second-order valence-electron chi connectivity index (χ2n) is 4.00. The van der Waals surface area contributed by atoms with Gasteiger partial charge in [0.15, 0.2) is 0 Å². The summed E-state index contributed by atoms with van der Waals surface area (Å²) in [6, 6.07) is 6.37. The van der Waals surface area contributed by atoms with E-state index in [9.17, 15) is 9.59 Å². The molecule has 0 aromatic heterocycles. The summed E-state index contributed by atoms with van der Waals surface area (Å²) in [6.45, 7) is 0.628. The molecule has 98 valence electrons. The number of hydrogen-bond acceptors (Lipinski definition) is 3. The van der Waals surface area contributed by atoms with E-state index in [0.29, 0.717) is 18.7 Å². The van der Waals surface area contributed by atoms with Crippen molar-refractivity contribution in [3.63, 3.8) is 0 Å². The molecule has 1 aromatic carbocycles. The van der Waals surface area contributed by atoms with Crippen molar-refractivity contribution in [1.82, 2.24) is 0 Å². The Balaban J connectivity index is 2.51. The smallest absolute Gasteiger partial charge is 0.337 e. The fourth-order valence-electron chi connectivity index (χ4n) is 1.60. The van der Waals surface area contributed by atoms with Crippen LogP contribution in [0.3, 0.4) is 0 Å². The van der Waals surface area contributed by atoms with E-state index < -0.39 is 5.97 Å². The molecule has 18 heavy (non-hydrogen) atoms. The van der Waals surface area contributed by atoms with E-state index in [1.54, 1.807) is 18.2 Å². The highest BCUT2D eigenvalue weighted by Gasteiger charge is 2.11. The lowest BCUT2D eigenvalue weighted by molar-refractivity contribution is -0.116. The summed E-state index contributed by atoms with van der Waals surface area (Å²) in [6.07, 6.45) is 2.95. The Kier molecular flexibility index (Phi) is 5.87. The van der Waals surface area contributed by atoms with E-state index in [4.69, 9.17) is 10.8 Å². The summed E-state index contributed by atoms with van der Waals surface area (Å²) in [5.74, 6) is -1.21. The minimum Gasteiger partial charge on any atom is -0.478 e. The number of carboxylic acid groups (broad SMARTS) is 1. The fraction of sp³-hybridized carbons (Fsp3) is 0.385. The summed E-state index contributed by atoms with van der Waals surface area (Å²) >= 11 is 0. The van der Waals surface area contributed by atoms with Gasteiger partial charge in [0.1, 0.15) is 0 Å². The van der Waals surface area contributed by atoms with Gasteiger partial charge in [-0.2, -0.15) is 0 Å². The molecule has 0 spiro atoms. The van der Waals surface area contributed by atoms with Crippen molar-refractivity contribution in [2.24, 2.45) is 5.73 Å². The molecule has 0 saturated heterocycles. The van der Waals surface area contributed by atoms with Gasteiger partial charge in [0.25, 0.3) is 0 Å². The highest BCUT2D eigenvalue weighted by molar-refractivity contribution is 6.00. The van der Waals surface area contributed by atoms with Crippen molar-refractivity contribution >= 4 is 17.6 Å². The zero-order valence-electron chi connectivity index (χ0n) is 10.2. The number of unbranched alkanes of at least 4 members (excludes halogenated alkanes) is 2. The van der Waals surface area contributed by atoms with Gasteiger partial charge in [-0.25, -0.2) is 4.79 Å². The van der Waals surface area contributed by atoms with Gasteiger partial charge in [-0.1, -0.05) is 18.6 Å². The molecule has 0 atom stereocenters. The number of carbonyl (C=O) groups is 2. The number of rotatable bonds is 7. The van der Waals surface area contributed by atoms with Gasteiger partial charge >= 0.3 is 5.97 Å². The number of amides is 1. The Labute approximate surface area is 106 Å². The average Bonchev–Trinajstić information content (AvgIpc) is 2.35. The second-order valence-corrected chi connectivity index (χ2v) is 4.00. The van der Waals surface area contributed by atoms with Crippen LogP contribution in [0.25, 0.3) is 0 Å². The lowest BCUT2D eigenvalue weighted by Gasteiger charge is -2.07. The molecule has 0 saturated carbocycles. The Bertz CT molecular complexity index is 418. The molecule has 0 aliphatic heterocycles. The number of carbonyl (C=O) groups excluding carboxylic acids is 1. The van der Waals surface area contributed by atoms with Crippen molar-refractivity contribution in [3.05, 3.63) is 29.8 Å². The van der Waals surface area contributed by atoms with Crippen LogP contribution in [0.1, 0.15) is 36.0 Å². The Morgan fingerprint density at radius 3 is 2.56 bits per heavy atom. The van der Waals surface area contributed by atoms with Crippen molar-refractivity contribution in [2.45, 2.75) is 25.7 Å². The number of nitrogens with two attached hydrogens (primary N) is 1. The first-order valence-electron chi connectivity index (χ1n) is 5.97. The fourth-order valence-corrected chi connectivity index (χ4v) is 1.60. The van der Waals surface area contributed by atoms with Gasteiger partial charge in [0, 0.05) is 6.42 Å². The number of carboxylic acids is 1. The minimum absolute atomic E-state index is 0.104. The highest BCUT2D eigenvalue weighted by Crippen LogP contribution is 2.15. The van der Waals surface area contributed by atoms with Crippen LogP contribution in [0.15, 0.2) is 24.3 Å². The van der Waals surface area contributed by atoms with Crippen LogP contribution in [0, 0.1) is 0 Å². The Hall–Kier alpha value is -1.88. The first-order chi connectivity index (χ1) is 8.65. The highest BCUT2D eigenvalue weighted by atomic mass is 16.4. The number of aromatic carboxylic acids is 1. The predicted octanol–water partition coefficient (Wildman–Crippen LogP) is 1.84. The molecular formula is C13H18N2O3. The van der Waals surface area contributed by atoms with Crippen LogP contribution in [0.2, 0.25) is 0 Å². The second kappa shape index (κ2) is 7.45. The van der Waals surface area contributed by atoms with Crippen LogP contribution in [0.5, 0.6) is 0 Å². The molecule has 5 nitrogen and oxygen atoms in total. The molecule has 0 aliphatic carbocycles. The standard InChI is InChI=1S/C13H18N2O3/c14-9-5-1-2-8-12(16)15-11-7-4-3-6-10(11)13(17)18/h3-4,6-7H,1-2,5,8-9,14H2,(H,15,16)(H,17,18). The minimum atomic E-state index is -1.05. The maximum absolute atomic E-state index is 11.6. The van der Waals surface area contributed by atoms with E-state index in [1.165, 1.54) is 6.07 Å². The molecule has 0 unspecified atom stereocenters. The number of nitrogens with one attached hydrogen (secondary N) is 1. The maximum Gasteiger partial charge on any atom is 0.337 e. The molecular weight excluding hydrogens is 232 g/mol. The third-order valence-electron chi connectivity index (χ3n) is 2.54. The van der Waals surface area contributed by atoms with Crippen molar-refractivity contribution in [2.75, 3.05) is 11.9 Å². The van der Waals surface area contributed by atoms with Crippen LogP contribution in [0.4, 0.5) is 5.69 Å². The van der Waals surface area contributed by atoms with Crippen molar-refractivity contribution in [3.8, 4) is 0 Å². The first-order valence-corrected chi connectivity index (χ1v) is 5.97. The molecule has 5 heteroatoms. The topological polar surface area (TPSA) is 92.4 Å². The Morgan fingerprint density at radius 2 is 1.89 bits per heavy atom. The predicted molar refractivity (Wildman–Crippen MR) is 69.6 cm³/mol. The monoisotopic (exact) mass is 250 g/mol. The summed E-state index contributed by atoms with van der Waals surface area (Å²) in [4.78, 5) is 22.6. The first kappa shape index (κ1) is 14.2. The summed E-state index contributed by atoms with van der Waals surface area (Å²) in [5.41, 5.74) is 5.80. The van der Waals surface area contributed by atoms with Gasteiger partial charge in [-0.15, -0.1) is 0 Å². The molecule has 0 fully saturated rings. The lowest BCUT2D eigenvalue weighted by Crippen LogP contribution is -2.14. The van der Waals surface area contributed by atoms with Crippen LogP contribution >= 0.6 is 0 Å². The van der Waals surface area contributed by atoms with Gasteiger partial charge in [0.05, 0.1) is 11.3 Å². The van der Waals surface area contributed by atoms with E-state index >= 15 is 0 Å². The molecule has 1 amide bonds. The van der Waals surface area contributed by atoms with Gasteiger partial charge in [-0.05, 0) is 31.5 Å². The van der Waals surface area contributed by atoms with Crippen molar-refractivity contribution in [1.29, 1.82) is 0 Å². The normalized spacial score (nSPS) is 10.1. The zero-order valence-corrected chi connectivity index (χ0v) is 10.2. The largest absolute Gasteiger partial charge is 0.478 e. The summed E-state index contributed by atoms with van der Waals surface area (Å²) in [7, 11) is 0. The number of benzene rings is 1. The van der Waals surface area contributed by atoms with Crippen LogP contribution in [-0.4, -0.2) is 23.5 Å². The molecule has 0 bridgehead atoms. The third kappa shape index (κ3) is 4.55. The molecule has 1 aromatic rings. The van der Waals surface area contributed by atoms with E-state index in [2.05, 4.69) is 5.32 Å². The zero-order chi connectivity index (χ0) is 13.4. The molecule has 0 aliphatic rings. The average molecular weight is 250 g/mol. The Morgan fingerprint density at radius 1 is 1.17 bits per heavy atom. The number of para-hydroxylation sites is 1. The number of hydrogen-bond donors (Lipinski definition) is 3. The molecule has 4 N–H and O–H groups in total.